The van der Waals surface area contributed by atoms with Crippen LogP contribution in [0.1, 0.15) is 91.4 Å². The molecule has 2 rings (SSSR count). The van der Waals surface area contributed by atoms with Gasteiger partial charge in [0.05, 0.1) is 11.7 Å². The Morgan fingerprint density at radius 3 is 2.71 bits per heavy atom. The van der Waals surface area contributed by atoms with E-state index in [0.717, 1.165) is 45.2 Å². The molecule has 3 N–H and O–H groups in total. The first-order valence-corrected chi connectivity index (χ1v) is 11.9. The maximum Gasteiger partial charge on any atom is 0.0654 e. The van der Waals surface area contributed by atoms with E-state index in [1.165, 1.54) is 32.1 Å². The summed E-state index contributed by atoms with van der Waals surface area (Å²) < 4.78 is 0. The highest BCUT2D eigenvalue weighted by Crippen LogP contribution is 2.48. The van der Waals surface area contributed by atoms with Crippen molar-refractivity contribution in [3.05, 3.63) is 23.8 Å². The molecule has 3 nitrogen and oxygen atoms in total. The smallest absolute Gasteiger partial charge is 0.0654 e. The number of aliphatic hydroxyl groups excluding tert-OH is 1. The number of unbranched alkanes of at least 4 members (excludes halogenated alkanes) is 3. The van der Waals surface area contributed by atoms with E-state index in [1.807, 2.05) is 6.92 Å². The van der Waals surface area contributed by atoms with E-state index in [4.69, 9.17) is 0 Å². The zero-order valence-corrected chi connectivity index (χ0v) is 18.6. The van der Waals surface area contributed by atoms with Crippen LogP contribution in [0.3, 0.4) is 0 Å². The van der Waals surface area contributed by atoms with Crippen LogP contribution in [0.25, 0.3) is 0 Å². The lowest BCUT2D eigenvalue weighted by atomic mass is 9.87. The molecule has 2 aliphatic rings. The van der Waals surface area contributed by atoms with Crippen LogP contribution < -0.4 is 5.32 Å². The summed E-state index contributed by atoms with van der Waals surface area (Å²) in [6.07, 6.45) is 18.8. The van der Waals surface area contributed by atoms with Crippen molar-refractivity contribution in [2.24, 2.45) is 17.8 Å². The molecule has 1 saturated carbocycles. The van der Waals surface area contributed by atoms with Gasteiger partial charge in [0.25, 0.3) is 0 Å². The number of allylic oxidation sites excluding steroid dienone is 2. The molecule has 162 valence electrons. The normalized spacial score (nSPS) is 29.2. The maximum absolute atomic E-state index is 10.5. The van der Waals surface area contributed by atoms with Gasteiger partial charge >= 0.3 is 0 Å². The van der Waals surface area contributed by atoms with Gasteiger partial charge < -0.3 is 15.5 Å². The van der Waals surface area contributed by atoms with Crippen LogP contribution in [0.2, 0.25) is 0 Å². The first-order chi connectivity index (χ1) is 13.5. The van der Waals surface area contributed by atoms with Crippen molar-refractivity contribution in [1.29, 1.82) is 0 Å². The molecule has 0 amide bonds. The van der Waals surface area contributed by atoms with Gasteiger partial charge in [0, 0.05) is 5.92 Å². The highest BCUT2D eigenvalue weighted by molar-refractivity contribution is 5.20. The Hall–Kier alpha value is -0.640. The molecule has 0 saturated heterocycles. The third-order valence-electron chi connectivity index (χ3n) is 6.71. The van der Waals surface area contributed by atoms with Crippen molar-refractivity contribution in [2.45, 2.75) is 103 Å². The molecule has 0 aromatic carbocycles. The lowest BCUT2D eigenvalue weighted by Gasteiger charge is -2.22. The van der Waals surface area contributed by atoms with Crippen molar-refractivity contribution < 1.29 is 10.2 Å². The standard InChI is InChI=1S/C25H45NO2/c1-4-6-13-25(3,28)14-10-12-22-23-18-20(17-21(23)19-24(22)27)11-8-7-9-16-26-15-5-2/h10,12,17,21-24,26-28H,4-9,11,13-16,18-19H2,1-3H3/b12-10+/t21-,22+,23-,24+,25-/m0/s1. The van der Waals surface area contributed by atoms with Crippen LogP contribution >= 0.6 is 0 Å². The second-order valence-electron chi connectivity index (χ2n) is 9.53. The van der Waals surface area contributed by atoms with E-state index in [1.54, 1.807) is 5.57 Å². The van der Waals surface area contributed by atoms with E-state index >= 15 is 0 Å². The van der Waals surface area contributed by atoms with Gasteiger partial charge in [0.2, 0.25) is 0 Å². The predicted octanol–water partition coefficient (Wildman–Crippen LogP) is 5.38. The number of fused-ring (bicyclic) bond motifs is 1. The second kappa shape index (κ2) is 12.1. The highest BCUT2D eigenvalue weighted by atomic mass is 16.3. The molecule has 5 atom stereocenters. The predicted molar refractivity (Wildman–Crippen MR) is 119 cm³/mol. The molecule has 0 heterocycles. The minimum Gasteiger partial charge on any atom is -0.392 e. The molecule has 0 radical (unpaired) electrons. The largest absolute Gasteiger partial charge is 0.392 e. The molecule has 0 unspecified atom stereocenters. The van der Waals surface area contributed by atoms with Crippen LogP contribution in [0.5, 0.6) is 0 Å². The SMILES string of the molecule is CCCC[C@](C)(O)C/C=C/[C@@H]1[C@H]2CC(CCCCCNCCC)=C[C@H]2C[C@H]1O. The quantitative estimate of drug-likeness (QED) is 0.275. The van der Waals surface area contributed by atoms with E-state index in [9.17, 15) is 10.2 Å². The molecule has 0 spiro atoms. The summed E-state index contributed by atoms with van der Waals surface area (Å²) in [5, 5.41) is 24.5. The van der Waals surface area contributed by atoms with Crippen molar-refractivity contribution in [3.8, 4) is 0 Å². The Balaban J connectivity index is 1.72. The Kier molecular flexibility index (Phi) is 10.3. The summed E-state index contributed by atoms with van der Waals surface area (Å²) in [4.78, 5) is 0. The summed E-state index contributed by atoms with van der Waals surface area (Å²) in [5.41, 5.74) is 1.01. The maximum atomic E-state index is 10.5. The van der Waals surface area contributed by atoms with Crippen molar-refractivity contribution in [3.63, 3.8) is 0 Å². The Morgan fingerprint density at radius 2 is 1.96 bits per heavy atom. The highest BCUT2D eigenvalue weighted by Gasteiger charge is 2.43. The Labute approximate surface area is 173 Å². The number of hydrogen-bond donors (Lipinski definition) is 3. The molecule has 0 bridgehead atoms. The molecule has 3 heteroatoms. The number of hydrogen-bond acceptors (Lipinski definition) is 3. The first-order valence-electron chi connectivity index (χ1n) is 11.9. The fourth-order valence-electron chi connectivity index (χ4n) is 5.01. The van der Waals surface area contributed by atoms with E-state index in [2.05, 4.69) is 37.4 Å². The monoisotopic (exact) mass is 391 g/mol. The van der Waals surface area contributed by atoms with E-state index < -0.39 is 5.60 Å². The van der Waals surface area contributed by atoms with Gasteiger partial charge in [-0.1, -0.05) is 56.9 Å². The average molecular weight is 392 g/mol. The van der Waals surface area contributed by atoms with E-state index in [0.29, 0.717) is 18.3 Å². The van der Waals surface area contributed by atoms with Crippen LogP contribution in [0.15, 0.2) is 23.8 Å². The topological polar surface area (TPSA) is 52.5 Å². The third-order valence-corrected chi connectivity index (χ3v) is 6.71. The molecule has 0 aromatic rings. The molecule has 0 aromatic heterocycles. The summed E-state index contributed by atoms with van der Waals surface area (Å²) in [7, 11) is 0. The van der Waals surface area contributed by atoms with Crippen LogP contribution in [0.4, 0.5) is 0 Å². The second-order valence-corrected chi connectivity index (χ2v) is 9.53. The van der Waals surface area contributed by atoms with Gasteiger partial charge in [0.15, 0.2) is 0 Å². The molecule has 0 aliphatic heterocycles. The van der Waals surface area contributed by atoms with Gasteiger partial charge in [0.1, 0.15) is 0 Å². The van der Waals surface area contributed by atoms with Gasteiger partial charge in [-0.2, -0.15) is 0 Å². The van der Waals surface area contributed by atoms with Crippen LogP contribution in [-0.2, 0) is 0 Å². The molecular formula is C25H45NO2. The lowest BCUT2D eigenvalue weighted by molar-refractivity contribution is 0.0513. The van der Waals surface area contributed by atoms with Gasteiger partial charge in [-0.3, -0.25) is 0 Å². The zero-order valence-electron chi connectivity index (χ0n) is 18.6. The molecular weight excluding hydrogens is 346 g/mol. The molecule has 2 aliphatic carbocycles. The van der Waals surface area contributed by atoms with Crippen LogP contribution in [0, 0.1) is 17.8 Å². The number of aliphatic hydroxyl groups is 2. The number of rotatable bonds is 14. The fraction of sp³-hybridized carbons (Fsp3) is 0.840. The first kappa shape index (κ1) is 23.6. The van der Waals surface area contributed by atoms with Crippen molar-refractivity contribution >= 4 is 0 Å². The van der Waals surface area contributed by atoms with Crippen LogP contribution in [-0.4, -0.2) is 35.0 Å². The van der Waals surface area contributed by atoms with Crippen molar-refractivity contribution in [2.75, 3.05) is 13.1 Å². The fourth-order valence-corrected chi connectivity index (χ4v) is 5.01. The summed E-state index contributed by atoms with van der Waals surface area (Å²) in [6, 6.07) is 0. The third kappa shape index (κ3) is 7.65. The lowest BCUT2D eigenvalue weighted by Crippen LogP contribution is -2.23. The number of nitrogens with one attached hydrogen (secondary N) is 1. The van der Waals surface area contributed by atoms with Gasteiger partial charge in [-0.05, 0) is 83.2 Å². The Bertz CT molecular complexity index is 497. The van der Waals surface area contributed by atoms with E-state index in [-0.39, 0.29) is 12.0 Å². The zero-order chi connectivity index (χ0) is 20.4. The average Bonchev–Trinajstić information content (AvgIpc) is 3.17. The minimum atomic E-state index is -0.611. The Morgan fingerprint density at radius 1 is 1.14 bits per heavy atom. The molecule has 28 heavy (non-hydrogen) atoms. The summed E-state index contributed by atoms with van der Waals surface area (Å²) >= 11 is 0. The summed E-state index contributed by atoms with van der Waals surface area (Å²) in [6.45, 7) is 8.60. The van der Waals surface area contributed by atoms with Gasteiger partial charge in [-0.15, -0.1) is 0 Å². The van der Waals surface area contributed by atoms with Gasteiger partial charge in [-0.25, -0.2) is 0 Å². The minimum absolute atomic E-state index is 0.214. The molecule has 1 fully saturated rings. The van der Waals surface area contributed by atoms with Crippen molar-refractivity contribution in [1.82, 2.24) is 5.32 Å². The summed E-state index contributed by atoms with van der Waals surface area (Å²) in [5.74, 6) is 1.40.